The number of aliphatic hydroxyl groups excluding tert-OH is 2. The van der Waals surface area contributed by atoms with Crippen LogP contribution in [0.25, 0.3) is 0 Å². The Labute approximate surface area is 224 Å². The Morgan fingerprint density at radius 3 is 2.53 bits per heavy atom. The Bertz CT molecular complexity index is 1210. The van der Waals surface area contributed by atoms with Gasteiger partial charge in [0.05, 0.1) is 17.5 Å². The Morgan fingerprint density at radius 1 is 1.21 bits per heavy atom. The van der Waals surface area contributed by atoms with Crippen LogP contribution in [0.3, 0.4) is 0 Å². The van der Waals surface area contributed by atoms with Crippen LogP contribution < -0.4 is 5.43 Å². The summed E-state index contributed by atoms with van der Waals surface area (Å²) < 4.78 is 17.5. The lowest BCUT2D eigenvalue weighted by Gasteiger charge is -2.62. The molecule has 8 atom stereocenters. The van der Waals surface area contributed by atoms with E-state index < -0.39 is 52.4 Å². The third-order valence-corrected chi connectivity index (χ3v) is 10.7. The summed E-state index contributed by atoms with van der Waals surface area (Å²) in [7, 11) is 0. The van der Waals surface area contributed by atoms with Crippen molar-refractivity contribution in [3.63, 3.8) is 0 Å². The first-order chi connectivity index (χ1) is 17.8. The average Bonchev–Trinajstić information content (AvgIpc) is 3.09. The normalized spacial score (nSPS) is 42.9. The molecule has 0 aliphatic heterocycles. The Kier molecular flexibility index (Phi) is 6.52. The number of carbonyl (C=O) groups is 1. The summed E-state index contributed by atoms with van der Waals surface area (Å²) in [5.74, 6) is -1.43. The maximum absolute atomic E-state index is 17.5. The van der Waals surface area contributed by atoms with Crippen LogP contribution in [0.1, 0.15) is 71.8 Å². The molecular weight excluding hydrogens is 483 g/mol. The van der Waals surface area contributed by atoms with Gasteiger partial charge in [0.25, 0.3) is 0 Å². The number of hydrogen-bond donors (Lipinski definition) is 4. The molecule has 4 N–H and O–H groups in total. The molecule has 206 valence electrons. The third-order valence-electron chi connectivity index (χ3n) is 10.7. The van der Waals surface area contributed by atoms with Gasteiger partial charge in [0.15, 0.2) is 11.5 Å². The molecule has 1 aromatic rings. The number of carbonyl (C=O) groups excluding carboxylic acids is 1. The van der Waals surface area contributed by atoms with E-state index in [1.54, 1.807) is 13.8 Å². The molecular formula is C31H41FN2O4. The van der Waals surface area contributed by atoms with Crippen molar-refractivity contribution < 1.29 is 24.5 Å². The van der Waals surface area contributed by atoms with Gasteiger partial charge >= 0.3 is 0 Å². The number of anilines is 1. The number of aliphatic hydroxyl groups is 3. The predicted octanol–water partition coefficient (Wildman–Crippen LogP) is 4.92. The molecule has 0 aromatic heterocycles. The van der Waals surface area contributed by atoms with Gasteiger partial charge in [-0.3, -0.25) is 10.2 Å². The number of hydrogen-bond acceptors (Lipinski definition) is 6. The number of rotatable bonds is 5. The summed E-state index contributed by atoms with van der Waals surface area (Å²) in [5, 5.41) is 37.2. The molecule has 3 fully saturated rings. The van der Waals surface area contributed by atoms with Crippen molar-refractivity contribution in [1.29, 1.82) is 0 Å². The molecule has 4 aliphatic rings. The summed E-state index contributed by atoms with van der Waals surface area (Å²) in [6, 6.07) is 8.13. The summed E-state index contributed by atoms with van der Waals surface area (Å²) in [6.07, 6.45) is 5.80. The largest absolute Gasteiger partial charge is 0.390 e. The van der Waals surface area contributed by atoms with Gasteiger partial charge in [-0.15, -0.1) is 0 Å². The molecule has 0 spiro atoms. The lowest BCUT2D eigenvalue weighted by Crippen LogP contribution is -2.69. The quantitative estimate of drug-likeness (QED) is 0.410. The maximum Gasteiger partial charge on any atom is 0.190 e. The fourth-order valence-corrected chi connectivity index (χ4v) is 8.41. The number of hydrazone groups is 1. The Balaban J connectivity index is 1.43. The van der Waals surface area contributed by atoms with Crippen molar-refractivity contribution in [3.8, 4) is 0 Å². The van der Waals surface area contributed by atoms with E-state index in [0.29, 0.717) is 30.9 Å². The number of benzene rings is 1. The number of ketones is 1. The molecule has 0 amide bonds. The molecule has 1 aromatic carbocycles. The summed E-state index contributed by atoms with van der Waals surface area (Å²) in [6.45, 7) is 8.98. The van der Waals surface area contributed by atoms with Crippen molar-refractivity contribution in [1.82, 2.24) is 0 Å². The van der Waals surface area contributed by atoms with Crippen molar-refractivity contribution in [2.75, 3.05) is 12.0 Å². The first kappa shape index (κ1) is 27.2. The lowest BCUT2D eigenvalue weighted by molar-refractivity contribution is -0.219. The second-order valence-electron chi connectivity index (χ2n) is 12.8. The van der Waals surface area contributed by atoms with Crippen LogP contribution in [0.2, 0.25) is 0 Å². The monoisotopic (exact) mass is 524 g/mol. The van der Waals surface area contributed by atoms with E-state index in [1.165, 1.54) is 5.56 Å². The molecule has 0 radical (unpaired) electrons. The van der Waals surface area contributed by atoms with E-state index >= 15 is 4.39 Å². The zero-order valence-electron chi connectivity index (χ0n) is 23.0. The fourth-order valence-electron chi connectivity index (χ4n) is 8.41. The first-order valence-electron chi connectivity index (χ1n) is 13.9. The van der Waals surface area contributed by atoms with Crippen molar-refractivity contribution >= 4 is 17.2 Å². The Morgan fingerprint density at radius 2 is 1.89 bits per heavy atom. The van der Waals surface area contributed by atoms with E-state index in [2.05, 4.69) is 36.5 Å². The fraction of sp³-hybridized carbons (Fsp3) is 0.613. The number of Topliss-reactive ketones (excluding diaryl/α,β-unsaturated/α-hetero) is 1. The number of halogens is 1. The van der Waals surface area contributed by atoms with Crippen LogP contribution in [0, 0.1) is 28.6 Å². The number of allylic oxidation sites excluding steroid dienone is 4. The topological polar surface area (TPSA) is 102 Å². The summed E-state index contributed by atoms with van der Waals surface area (Å²) >= 11 is 0. The van der Waals surface area contributed by atoms with Crippen LogP contribution in [-0.2, 0) is 4.79 Å². The van der Waals surface area contributed by atoms with E-state index in [-0.39, 0.29) is 12.3 Å². The zero-order chi connectivity index (χ0) is 27.7. The van der Waals surface area contributed by atoms with Crippen molar-refractivity contribution in [2.45, 2.75) is 83.6 Å². The second kappa shape index (κ2) is 9.10. The van der Waals surface area contributed by atoms with Crippen LogP contribution in [0.15, 0.2) is 53.2 Å². The van der Waals surface area contributed by atoms with Crippen LogP contribution in [-0.4, -0.2) is 50.8 Å². The van der Waals surface area contributed by atoms with Crippen molar-refractivity contribution in [3.05, 3.63) is 53.6 Å². The van der Waals surface area contributed by atoms with E-state index in [1.807, 2.05) is 37.3 Å². The molecule has 0 heterocycles. The minimum absolute atomic E-state index is 0.0389. The van der Waals surface area contributed by atoms with Crippen LogP contribution in [0.5, 0.6) is 0 Å². The van der Waals surface area contributed by atoms with E-state index in [9.17, 15) is 20.1 Å². The molecule has 0 unspecified atom stereocenters. The number of fused-ring (bicyclic) bond motifs is 5. The van der Waals surface area contributed by atoms with Crippen LogP contribution in [0.4, 0.5) is 10.1 Å². The van der Waals surface area contributed by atoms with Gasteiger partial charge in [0, 0.05) is 16.7 Å². The van der Waals surface area contributed by atoms with Gasteiger partial charge in [0.2, 0.25) is 0 Å². The van der Waals surface area contributed by atoms with Gasteiger partial charge in [-0.05, 0) is 80.2 Å². The number of nitrogens with zero attached hydrogens (tertiary/aromatic N) is 1. The predicted molar refractivity (Wildman–Crippen MR) is 147 cm³/mol. The molecule has 0 saturated heterocycles. The molecule has 7 heteroatoms. The lowest BCUT2D eigenvalue weighted by atomic mass is 9.44. The molecule has 38 heavy (non-hydrogen) atoms. The maximum atomic E-state index is 17.5. The van der Waals surface area contributed by atoms with Crippen LogP contribution >= 0.6 is 0 Å². The van der Waals surface area contributed by atoms with E-state index in [4.69, 9.17) is 0 Å². The van der Waals surface area contributed by atoms with E-state index in [0.717, 1.165) is 11.3 Å². The summed E-state index contributed by atoms with van der Waals surface area (Å²) in [4.78, 5) is 12.8. The number of alkyl halides is 1. The van der Waals surface area contributed by atoms with Gasteiger partial charge in [0.1, 0.15) is 12.2 Å². The first-order valence-corrected chi connectivity index (χ1v) is 13.9. The smallest absolute Gasteiger partial charge is 0.190 e. The highest BCUT2D eigenvalue weighted by molar-refractivity contribution is 6.06. The van der Waals surface area contributed by atoms with Crippen molar-refractivity contribution in [2.24, 2.45) is 33.7 Å². The highest BCUT2D eigenvalue weighted by Crippen LogP contribution is 2.70. The number of nitrogens with one attached hydrogen (secondary N) is 1. The standard InChI is InChI=1S/C31H41FN2O4/c1-18(2)20-6-9-22(10-7-20)33-34-23-12-13-28(4)21(15-23)8-11-24-25-14-19(3)31(38,27(37)17-35)29(25,5)16-26(36)30(24,28)32/h6-7,9-10,12-13,15,18-19,24-26,33,35-36,38H,8,11,14,16-17H2,1-5H3/b34-23+/t19-,24+,25+,26+,28+,29+,30+,31+/m1/s1. The molecule has 5 rings (SSSR count). The second-order valence-corrected chi connectivity index (χ2v) is 12.8. The Hall–Kier alpha value is -2.35. The molecule has 6 nitrogen and oxygen atoms in total. The molecule has 3 saturated carbocycles. The van der Waals surface area contributed by atoms with Gasteiger partial charge in [-0.2, -0.15) is 5.10 Å². The van der Waals surface area contributed by atoms with Gasteiger partial charge in [-0.1, -0.05) is 51.5 Å². The molecule has 0 bridgehead atoms. The highest BCUT2D eigenvalue weighted by Gasteiger charge is 2.75. The van der Waals surface area contributed by atoms with Gasteiger partial charge in [-0.25, -0.2) is 4.39 Å². The third kappa shape index (κ3) is 3.54. The average molecular weight is 525 g/mol. The highest BCUT2D eigenvalue weighted by atomic mass is 19.1. The zero-order valence-corrected chi connectivity index (χ0v) is 23.0. The minimum Gasteiger partial charge on any atom is -0.390 e. The van der Waals surface area contributed by atoms with Gasteiger partial charge < -0.3 is 15.3 Å². The SMILES string of the molecule is CC(C)c1ccc(N/N=C2\C=C[C@@]3(C)C(=C2)CC[C@H]2[C@@H]4C[C@@H](C)[C@](O)(C(=O)CO)[C@@]4(C)C[C@H](O)[C@@]23F)cc1. The minimum atomic E-state index is -1.95. The molecule has 4 aliphatic carbocycles. The summed E-state index contributed by atoms with van der Waals surface area (Å²) in [5.41, 5.74) is 1.04.